The van der Waals surface area contributed by atoms with Gasteiger partial charge in [-0.15, -0.1) is 12.4 Å². The Hall–Kier alpha value is -0.780. The van der Waals surface area contributed by atoms with Crippen LogP contribution in [0.3, 0.4) is 0 Å². The predicted octanol–water partition coefficient (Wildman–Crippen LogP) is 3.21. The normalized spacial score (nSPS) is 13.3. The molecule has 2 nitrogen and oxygen atoms in total. The van der Waals surface area contributed by atoms with Gasteiger partial charge in [0.1, 0.15) is 0 Å². The zero-order valence-corrected chi connectivity index (χ0v) is 12.1. The molecule has 6 heteroatoms. The molecule has 1 atom stereocenters. The summed E-state index contributed by atoms with van der Waals surface area (Å²) in [5, 5.41) is 0. The van der Waals surface area contributed by atoms with E-state index in [0.717, 1.165) is 11.6 Å². The van der Waals surface area contributed by atoms with Crippen molar-refractivity contribution in [3.63, 3.8) is 0 Å². The molecule has 19 heavy (non-hydrogen) atoms. The van der Waals surface area contributed by atoms with Gasteiger partial charge in [-0.1, -0.05) is 6.07 Å². The maximum Gasteiger partial charge on any atom is 0.416 e. The molecule has 0 saturated carbocycles. The number of hydrogen-bond acceptors (Lipinski definition) is 2. The third kappa shape index (κ3) is 5.01. The van der Waals surface area contributed by atoms with Crippen molar-refractivity contribution in [1.29, 1.82) is 0 Å². The summed E-state index contributed by atoms with van der Waals surface area (Å²) in [7, 11) is 1.91. The van der Waals surface area contributed by atoms with Crippen molar-refractivity contribution in [2.24, 2.45) is 5.73 Å². The lowest BCUT2D eigenvalue weighted by molar-refractivity contribution is -0.137. The van der Waals surface area contributed by atoms with E-state index in [0.29, 0.717) is 18.7 Å². The second kappa shape index (κ2) is 7.12. The van der Waals surface area contributed by atoms with Gasteiger partial charge in [-0.05, 0) is 44.2 Å². The van der Waals surface area contributed by atoms with Crippen LogP contribution in [0.25, 0.3) is 0 Å². The number of aryl methyl sites for hydroxylation is 1. The fourth-order valence-corrected chi connectivity index (χ4v) is 1.65. The first kappa shape index (κ1) is 18.2. The smallest absolute Gasteiger partial charge is 0.329 e. The molecular formula is C13H20ClF3N2. The van der Waals surface area contributed by atoms with Gasteiger partial charge in [-0.2, -0.15) is 13.2 Å². The van der Waals surface area contributed by atoms with E-state index in [2.05, 4.69) is 0 Å². The Bertz CT molecular complexity index is 407. The molecule has 0 radical (unpaired) electrons. The average molecular weight is 297 g/mol. The molecule has 1 unspecified atom stereocenters. The molecule has 0 bridgehead atoms. The summed E-state index contributed by atoms with van der Waals surface area (Å²) in [5.74, 6) is 0. The quantitative estimate of drug-likeness (QED) is 0.924. The molecule has 0 fully saturated rings. The molecule has 0 saturated heterocycles. The minimum absolute atomic E-state index is 0. The Balaban J connectivity index is 0.00000324. The molecule has 0 spiro atoms. The second-order valence-corrected chi connectivity index (χ2v) is 4.64. The van der Waals surface area contributed by atoms with Gasteiger partial charge in [0, 0.05) is 19.1 Å². The first-order valence-corrected chi connectivity index (χ1v) is 5.82. The maximum atomic E-state index is 12.5. The third-order valence-corrected chi connectivity index (χ3v) is 3.18. The predicted molar refractivity (Wildman–Crippen MR) is 73.4 cm³/mol. The maximum absolute atomic E-state index is 12.5. The summed E-state index contributed by atoms with van der Waals surface area (Å²) in [5.41, 5.74) is 6.50. The van der Waals surface area contributed by atoms with Gasteiger partial charge in [0.15, 0.2) is 0 Å². The number of benzene rings is 1. The van der Waals surface area contributed by atoms with Crippen LogP contribution in [0.4, 0.5) is 13.2 Å². The van der Waals surface area contributed by atoms with Gasteiger partial charge in [0.05, 0.1) is 5.56 Å². The number of hydrogen-bond donors (Lipinski definition) is 1. The molecule has 0 aliphatic carbocycles. The van der Waals surface area contributed by atoms with E-state index in [1.54, 1.807) is 6.92 Å². The van der Waals surface area contributed by atoms with Crippen LogP contribution in [-0.2, 0) is 12.7 Å². The molecule has 0 aliphatic heterocycles. The lowest BCUT2D eigenvalue weighted by Crippen LogP contribution is -2.34. The molecule has 0 aliphatic rings. The highest BCUT2D eigenvalue weighted by atomic mass is 35.5. The van der Waals surface area contributed by atoms with E-state index in [1.807, 2.05) is 18.9 Å². The number of likely N-dealkylation sites (N-methyl/N-ethyl adjacent to an activating group) is 1. The minimum Gasteiger partial charge on any atom is -0.329 e. The zero-order chi connectivity index (χ0) is 13.9. The number of nitrogens with two attached hydrogens (primary N) is 1. The van der Waals surface area contributed by atoms with E-state index in [4.69, 9.17) is 5.73 Å². The minimum atomic E-state index is -4.28. The summed E-state index contributed by atoms with van der Waals surface area (Å²) in [4.78, 5) is 2.02. The topological polar surface area (TPSA) is 29.3 Å². The van der Waals surface area contributed by atoms with Gasteiger partial charge in [-0.3, -0.25) is 4.90 Å². The van der Waals surface area contributed by atoms with Crippen LogP contribution in [0.5, 0.6) is 0 Å². The average Bonchev–Trinajstić information content (AvgIpc) is 2.29. The van der Waals surface area contributed by atoms with Crippen LogP contribution in [0.2, 0.25) is 0 Å². The van der Waals surface area contributed by atoms with Gasteiger partial charge in [0.2, 0.25) is 0 Å². The van der Waals surface area contributed by atoms with E-state index < -0.39 is 11.7 Å². The van der Waals surface area contributed by atoms with Crippen LogP contribution in [0.1, 0.15) is 23.6 Å². The molecule has 2 N–H and O–H groups in total. The summed E-state index contributed by atoms with van der Waals surface area (Å²) in [6, 6.07) is 4.06. The number of halogens is 4. The highest BCUT2D eigenvalue weighted by Gasteiger charge is 2.30. The molecule has 0 amide bonds. The van der Waals surface area contributed by atoms with Crippen molar-refractivity contribution in [2.45, 2.75) is 32.6 Å². The highest BCUT2D eigenvalue weighted by Crippen LogP contribution is 2.30. The fraction of sp³-hybridized carbons (Fsp3) is 0.538. The number of nitrogens with zero attached hydrogens (tertiary/aromatic N) is 1. The highest BCUT2D eigenvalue weighted by molar-refractivity contribution is 5.85. The SMILES string of the molecule is Cc1cc(C(F)(F)F)ccc1CN(C)C(C)CN.Cl. The first-order valence-electron chi connectivity index (χ1n) is 5.82. The summed E-state index contributed by atoms with van der Waals surface area (Å²) in [6.45, 7) is 4.81. The van der Waals surface area contributed by atoms with Crippen molar-refractivity contribution in [2.75, 3.05) is 13.6 Å². The van der Waals surface area contributed by atoms with Crippen LogP contribution < -0.4 is 5.73 Å². The van der Waals surface area contributed by atoms with E-state index >= 15 is 0 Å². The van der Waals surface area contributed by atoms with Crippen molar-refractivity contribution in [3.8, 4) is 0 Å². The Morgan fingerprint density at radius 1 is 1.32 bits per heavy atom. The van der Waals surface area contributed by atoms with Gasteiger partial charge in [-0.25, -0.2) is 0 Å². The molecule has 1 rings (SSSR count). The number of alkyl halides is 3. The lowest BCUT2D eigenvalue weighted by atomic mass is 10.0. The summed E-state index contributed by atoms with van der Waals surface area (Å²) in [6.07, 6.45) is -4.28. The van der Waals surface area contributed by atoms with E-state index in [1.165, 1.54) is 12.1 Å². The number of rotatable bonds is 4. The van der Waals surface area contributed by atoms with Crippen molar-refractivity contribution in [1.82, 2.24) is 4.90 Å². The monoisotopic (exact) mass is 296 g/mol. The van der Waals surface area contributed by atoms with Gasteiger partial charge >= 0.3 is 6.18 Å². The third-order valence-electron chi connectivity index (χ3n) is 3.18. The van der Waals surface area contributed by atoms with Crippen molar-refractivity contribution in [3.05, 3.63) is 34.9 Å². The Labute approximate surface area is 118 Å². The fourth-order valence-electron chi connectivity index (χ4n) is 1.65. The second-order valence-electron chi connectivity index (χ2n) is 4.64. The van der Waals surface area contributed by atoms with Crippen molar-refractivity contribution >= 4 is 12.4 Å². The van der Waals surface area contributed by atoms with Crippen LogP contribution in [-0.4, -0.2) is 24.5 Å². The largest absolute Gasteiger partial charge is 0.416 e. The van der Waals surface area contributed by atoms with E-state index in [9.17, 15) is 13.2 Å². The molecule has 1 aromatic rings. The summed E-state index contributed by atoms with van der Waals surface area (Å²) >= 11 is 0. The molecule has 110 valence electrons. The van der Waals surface area contributed by atoms with Crippen LogP contribution in [0, 0.1) is 6.92 Å². The van der Waals surface area contributed by atoms with Crippen LogP contribution >= 0.6 is 12.4 Å². The van der Waals surface area contributed by atoms with E-state index in [-0.39, 0.29) is 18.4 Å². The van der Waals surface area contributed by atoms with Gasteiger partial charge in [0.25, 0.3) is 0 Å². The molecule has 0 heterocycles. The van der Waals surface area contributed by atoms with Crippen LogP contribution in [0.15, 0.2) is 18.2 Å². The van der Waals surface area contributed by atoms with Gasteiger partial charge < -0.3 is 5.73 Å². The molecule has 1 aromatic carbocycles. The Morgan fingerprint density at radius 3 is 2.32 bits per heavy atom. The first-order chi connectivity index (χ1) is 8.25. The molecule has 0 aromatic heterocycles. The summed E-state index contributed by atoms with van der Waals surface area (Å²) < 4.78 is 37.6. The standard InChI is InChI=1S/C13H19F3N2.ClH/c1-9-6-12(13(14,15)16)5-4-11(9)8-18(3)10(2)7-17;/h4-6,10H,7-8,17H2,1-3H3;1H. The van der Waals surface area contributed by atoms with Crippen molar-refractivity contribution < 1.29 is 13.2 Å². The lowest BCUT2D eigenvalue weighted by Gasteiger charge is -2.24. The Kier molecular flexibility index (Phi) is 6.83. The molecular weight excluding hydrogens is 277 g/mol. The zero-order valence-electron chi connectivity index (χ0n) is 11.3. The Morgan fingerprint density at radius 2 is 1.89 bits per heavy atom.